The summed E-state index contributed by atoms with van der Waals surface area (Å²) in [7, 11) is 0. The van der Waals surface area contributed by atoms with Crippen molar-refractivity contribution < 1.29 is 15.0 Å². The number of hydrogen-bond donors (Lipinski definition) is 1. The molecule has 29 heavy (non-hydrogen) atoms. The Bertz CT molecular complexity index is 972. The van der Waals surface area contributed by atoms with Crippen molar-refractivity contribution in [2.45, 2.75) is 43.9 Å². The smallest absolute Gasteiger partial charge is 0.328 e. The lowest BCUT2D eigenvalue weighted by atomic mass is 9.48. The first-order chi connectivity index (χ1) is 13.9. The van der Waals surface area contributed by atoms with Crippen LogP contribution in [-0.4, -0.2) is 11.1 Å². The molecule has 150 valence electrons. The third-order valence-electron chi connectivity index (χ3n) is 7.31. The van der Waals surface area contributed by atoms with Gasteiger partial charge in [0.25, 0.3) is 0 Å². The first kappa shape index (κ1) is 18.7. The molecule has 3 nitrogen and oxygen atoms in total. The Morgan fingerprint density at radius 1 is 1.03 bits per heavy atom. The fourth-order valence-electron chi connectivity index (χ4n) is 6.59. The van der Waals surface area contributed by atoms with Gasteiger partial charge in [-0.3, -0.25) is 0 Å². The maximum Gasteiger partial charge on any atom is 0.328 e. The van der Waals surface area contributed by atoms with Crippen LogP contribution < -0.4 is 5.11 Å². The average Bonchev–Trinajstić information content (AvgIpc) is 2.66. The molecular formula is C25H24ClO3-. The van der Waals surface area contributed by atoms with E-state index in [9.17, 15) is 9.90 Å². The number of carboxylic acids is 1. The number of halogens is 1. The molecule has 4 heteroatoms. The van der Waals surface area contributed by atoms with Crippen LogP contribution in [0.4, 0.5) is 0 Å². The molecule has 0 atom stereocenters. The molecule has 4 saturated carbocycles. The molecular weight excluding hydrogens is 384 g/mol. The summed E-state index contributed by atoms with van der Waals surface area (Å²) in [6, 6.07) is 11.2. The molecule has 0 heterocycles. The highest BCUT2D eigenvalue weighted by molar-refractivity contribution is 6.33. The Kier molecular flexibility index (Phi) is 4.47. The summed E-state index contributed by atoms with van der Waals surface area (Å²) in [5.74, 6) is 1.53. The number of carbonyl (C=O) groups is 1. The second-order valence-corrected chi connectivity index (χ2v) is 9.73. The van der Waals surface area contributed by atoms with Crippen molar-refractivity contribution in [3.8, 4) is 16.9 Å². The van der Waals surface area contributed by atoms with Crippen molar-refractivity contribution in [3.05, 3.63) is 58.6 Å². The largest absolute Gasteiger partial charge is 0.872 e. The van der Waals surface area contributed by atoms with E-state index in [-0.39, 0.29) is 11.2 Å². The highest BCUT2D eigenvalue weighted by atomic mass is 35.5. The summed E-state index contributed by atoms with van der Waals surface area (Å²) in [5.41, 5.74) is 3.63. The zero-order valence-corrected chi connectivity index (χ0v) is 17.0. The van der Waals surface area contributed by atoms with Crippen molar-refractivity contribution in [2.75, 3.05) is 0 Å². The maximum atomic E-state index is 12.9. The van der Waals surface area contributed by atoms with E-state index >= 15 is 0 Å². The van der Waals surface area contributed by atoms with E-state index in [0.717, 1.165) is 65.3 Å². The molecule has 2 aromatic carbocycles. The Labute approximate surface area is 176 Å². The van der Waals surface area contributed by atoms with Crippen LogP contribution in [0.1, 0.15) is 49.7 Å². The Morgan fingerprint density at radius 2 is 1.69 bits per heavy atom. The molecule has 0 unspecified atom stereocenters. The fourth-order valence-corrected chi connectivity index (χ4v) is 6.89. The van der Waals surface area contributed by atoms with E-state index in [1.807, 2.05) is 18.2 Å². The van der Waals surface area contributed by atoms with E-state index in [2.05, 4.69) is 6.07 Å². The summed E-state index contributed by atoms with van der Waals surface area (Å²) in [6.45, 7) is 0. The van der Waals surface area contributed by atoms with Gasteiger partial charge in [0.15, 0.2) is 0 Å². The monoisotopic (exact) mass is 407 g/mol. The minimum Gasteiger partial charge on any atom is -0.872 e. The van der Waals surface area contributed by atoms with Crippen LogP contribution in [-0.2, 0) is 10.2 Å². The summed E-state index contributed by atoms with van der Waals surface area (Å²) < 4.78 is 0. The standard InChI is InChI=1S/C25H25ClO3/c26-22-10-15(2-6-24(28)29)1-4-20(22)19-3-5-23(27)21(11-19)25-12-16-7-17(13-25)9-18(8-16)14-25/h1-6,10-11,16-18,27H,7-9,12-14H2,(H,28,29)/p-1/b6-2+. The molecule has 4 aliphatic carbocycles. The minimum atomic E-state index is -0.989. The normalized spacial score (nSPS) is 30.2. The first-order valence-electron chi connectivity index (χ1n) is 10.4. The van der Waals surface area contributed by atoms with Crippen LogP contribution in [0.25, 0.3) is 17.2 Å². The molecule has 0 aliphatic heterocycles. The maximum absolute atomic E-state index is 12.9. The van der Waals surface area contributed by atoms with Crippen LogP contribution >= 0.6 is 11.6 Å². The highest BCUT2D eigenvalue weighted by Gasteiger charge is 2.51. The quantitative estimate of drug-likeness (QED) is 0.666. The summed E-state index contributed by atoms with van der Waals surface area (Å²) in [6.07, 6.45) is 10.2. The molecule has 0 amide bonds. The molecule has 2 aromatic rings. The van der Waals surface area contributed by atoms with E-state index in [0.29, 0.717) is 5.02 Å². The van der Waals surface area contributed by atoms with Crippen molar-refractivity contribution in [3.63, 3.8) is 0 Å². The second kappa shape index (κ2) is 6.91. The van der Waals surface area contributed by atoms with Crippen molar-refractivity contribution in [1.29, 1.82) is 0 Å². The number of aliphatic carboxylic acids is 1. The van der Waals surface area contributed by atoms with E-state index in [1.165, 1.54) is 25.3 Å². The topological polar surface area (TPSA) is 60.4 Å². The zero-order valence-electron chi connectivity index (χ0n) is 16.2. The van der Waals surface area contributed by atoms with Gasteiger partial charge < -0.3 is 10.2 Å². The summed E-state index contributed by atoms with van der Waals surface area (Å²) >= 11 is 6.53. The van der Waals surface area contributed by atoms with Crippen LogP contribution in [0.2, 0.25) is 5.02 Å². The van der Waals surface area contributed by atoms with Gasteiger partial charge in [0.1, 0.15) is 0 Å². The van der Waals surface area contributed by atoms with Crippen LogP contribution in [0.5, 0.6) is 5.75 Å². The van der Waals surface area contributed by atoms with Gasteiger partial charge in [-0.1, -0.05) is 41.9 Å². The second-order valence-electron chi connectivity index (χ2n) is 9.32. The van der Waals surface area contributed by atoms with Gasteiger partial charge in [0, 0.05) is 16.7 Å². The molecule has 0 aromatic heterocycles. The predicted octanol–water partition coefficient (Wildman–Crippen LogP) is 5.65. The molecule has 4 fully saturated rings. The molecule has 4 aliphatic rings. The van der Waals surface area contributed by atoms with Crippen molar-refractivity contribution in [2.24, 2.45) is 17.8 Å². The lowest BCUT2D eigenvalue weighted by Gasteiger charge is -2.58. The van der Waals surface area contributed by atoms with Gasteiger partial charge in [-0.05, 0) is 90.5 Å². The van der Waals surface area contributed by atoms with Crippen LogP contribution in [0.15, 0.2) is 42.5 Å². The van der Waals surface area contributed by atoms with E-state index in [1.54, 1.807) is 12.1 Å². The van der Waals surface area contributed by atoms with Gasteiger partial charge in [0.05, 0.1) is 0 Å². The van der Waals surface area contributed by atoms with Gasteiger partial charge >= 0.3 is 5.97 Å². The van der Waals surface area contributed by atoms with Crippen molar-refractivity contribution in [1.82, 2.24) is 0 Å². The molecule has 4 bridgehead atoms. The third kappa shape index (κ3) is 3.36. The van der Waals surface area contributed by atoms with Gasteiger partial charge in [-0.15, -0.1) is 5.75 Å². The van der Waals surface area contributed by atoms with E-state index in [4.69, 9.17) is 16.7 Å². The Hall–Kier alpha value is -2.26. The van der Waals surface area contributed by atoms with Crippen LogP contribution in [0.3, 0.4) is 0 Å². The minimum absolute atomic E-state index is 0.0541. The zero-order chi connectivity index (χ0) is 20.2. The SMILES string of the molecule is O=C(O)/C=C/c1ccc(-c2ccc([O-])c(C34CC5CC(CC(C5)C3)C4)c2)c(Cl)c1. The number of carboxylic acid groups (broad SMARTS) is 1. The predicted molar refractivity (Wildman–Crippen MR) is 113 cm³/mol. The lowest BCUT2D eigenvalue weighted by molar-refractivity contribution is -0.271. The van der Waals surface area contributed by atoms with Crippen molar-refractivity contribution >= 4 is 23.6 Å². The lowest BCUT2D eigenvalue weighted by Crippen LogP contribution is -2.48. The molecule has 0 spiro atoms. The number of rotatable bonds is 4. The summed E-state index contributed by atoms with van der Waals surface area (Å²) in [4.78, 5) is 10.7. The third-order valence-corrected chi connectivity index (χ3v) is 7.62. The molecule has 0 radical (unpaired) electrons. The van der Waals surface area contributed by atoms with Gasteiger partial charge in [0.2, 0.25) is 0 Å². The van der Waals surface area contributed by atoms with E-state index < -0.39 is 5.97 Å². The average molecular weight is 408 g/mol. The number of hydrogen-bond acceptors (Lipinski definition) is 2. The van der Waals surface area contributed by atoms with Gasteiger partial charge in [-0.2, -0.15) is 0 Å². The van der Waals surface area contributed by atoms with Gasteiger partial charge in [-0.25, -0.2) is 4.79 Å². The molecule has 1 N–H and O–H groups in total. The Morgan fingerprint density at radius 3 is 2.28 bits per heavy atom. The van der Waals surface area contributed by atoms with Crippen LogP contribution in [0, 0.1) is 17.8 Å². The fraction of sp³-hybridized carbons (Fsp3) is 0.400. The molecule has 0 saturated heterocycles. The molecule has 6 rings (SSSR count). The number of benzene rings is 2. The first-order valence-corrected chi connectivity index (χ1v) is 10.8. The Balaban J connectivity index is 1.51. The summed E-state index contributed by atoms with van der Waals surface area (Å²) in [5, 5.41) is 22.3. The highest BCUT2D eigenvalue weighted by Crippen LogP contribution is 2.61.